The molecule has 0 radical (unpaired) electrons. The van der Waals surface area contributed by atoms with E-state index in [-0.39, 0.29) is 32.2 Å². The lowest BCUT2D eigenvalue weighted by atomic mass is 10.0. The lowest BCUT2D eigenvalue weighted by Crippen LogP contribution is -2.40. The SMILES string of the molecule is CC/C=C\C/C=C\C/C=C\C/C=C\C/C=C\CCCCCCCCCCCCCC(=O)OC(COC(=O)CCCCCCCCCCC/C=C\CCCCCCCC)COC(OCC[N+](C)(C)C)C(=O)O. The molecule has 0 aromatic heterocycles. The van der Waals surface area contributed by atoms with Crippen LogP contribution in [0.5, 0.6) is 0 Å². The molecule has 0 bridgehead atoms. The second-order valence-electron chi connectivity index (χ2n) is 20.6. The van der Waals surface area contributed by atoms with Crippen molar-refractivity contribution < 1.29 is 42.9 Å². The van der Waals surface area contributed by atoms with Gasteiger partial charge in [0.25, 0.3) is 6.29 Å². The zero-order chi connectivity index (χ0) is 52.0. The van der Waals surface area contributed by atoms with Gasteiger partial charge in [0.15, 0.2) is 6.10 Å². The molecule has 0 aromatic carbocycles. The number of nitrogens with zero attached hydrogens (tertiary/aromatic N) is 1. The molecule has 0 aliphatic rings. The third-order valence-corrected chi connectivity index (χ3v) is 12.4. The Morgan fingerprint density at radius 1 is 0.437 bits per heavy atom. The van der Waals surface area contributed by atoms with Crippen LogP contribution in [0.3, 0.4) is 0 Å². The van der Waals surface area contributed by atoms with E-state index in [0.717, 1.165) is 70.6 Å². The standard InChI is InChI=1S/C62H109NO8/c1-6-8-10-12-14-16-18-20-22-24-26-27-28-29-30-31-32-33-35-37-39-41-43-45-47-49-51-53-60(65)71-58(57-70-62(61(66)67)68-55-54-63(3,4)5)56-69-59(64)52-50-48-46-44-42-40-38-36-34-25-23-21-19-17-15-13-11-9-7-2/h8,10,14,16,20-23,26-27,29-30,58,62H,6-7,9,11-13,15,17-19,24-25,28,31-57H2,1-5H3/p+1/b10-8-,16-14-,22-20-,23-21-,27-26-,30-29-. The van der Waals surface area contributed by atoms with Gasteiger partial charge < -0.3 is 28.5 Å². The van der Waals surface area contributed by atoms with Gasteiger partial charge in [-0.1, -0.05) is 222 Å². The second-order valence-corrected chi connectivity index (χ2v) is 20.6. The maximum atomic E-state index is 12.9. The average Bonchev–Trinajstić information content (AvgIpc) is 3.34. The summed E-state index contributed by atoms with van der Waals surface area (Å²) in [6, 6.07) is 0. The molecule has 0 saturated heterocycles. The fourth-order valence-electron chi connectivity index (χ4n) is 7.98. The zero-order valence-corrected chi connectivity index (χ0v) is 46.6. The van der Waals surface area contributed by atoms with E-state index < -0.39 is 24.3 Å². The highest BCUT2D eigenvalue weighted by Crippen LogP contribution is 2.16. The number of aliphatic carboxylic acids is 1. The second kappa shape index (κ2) is 53.0. The number of unbranched alkanes of at least 4 members (excludes halogenated alkanes) is 26. The van der Waals surface area contributed by atoms with Crippen molar-refractivity contribution in [2.45, 2.75) is 257 Å². The van der Waals surface area contributed by atoms with E-state index in [2.05, 4.69) is 86.8 Å². The number of allylic oxidation sites excluding steroid dienone is 12. The monoisotopic (exact) mass is 997 g/mol. The van der Waals surface area contributed by atoms with E-state index in [0.29, 0.717) is 23.9 Å². The predicted octanol–water partition coefficient (Wildman–Crippen LogP) is 17.0. The van der Waals surface area contributed by atoms with Crippen LogP contribution in [-0.2, 0) is 33.3 Å². The van der Waals surface area contributed by atoms with Crippen molar-refractivity contribution in [3.8, 4) is 0 Å². The predicted molar refractivity (Wildman–Crippen MR) is 299 cm³/mol. The van der Waals surface area contributed by atoms with Crippen LogP contribution in [0.2, 0.25) is 0 Å². The van der Waals surface area contributed by atoms with Gasteiger partial charge in [-0.25, -0.2) is 4.79 Å². The summed E-state index contributed by atoms with van der Waals surface area (Å²) in [6.07, 6.45) is 65.4. The Bertz CT molecular complexity index is 1390. The molecule has 0 spiro atoms. The molecule has 0 amide bonds. The van der Waals surface area contributed by atoms with E-state index in [1.165, 1.54) is 141 Å². The van der Waals surface area contributed by atoms with Gasteiger partial charge >= 0.3 is 17.9 Å². The Morgan fingerprint density at radius 3 is 1.21 bits per heavy atom. The summed E-state index contributed by atoms with van der Waals surface area (Å²) in [4.78, 5) is 37.4. The van der Waals surface area contributed by atoms with Crippen LogP contribution in [0.15, 0.2) is 72.9 Å². The van der Waals surface area contributed by atoms with E-state index in [4.69, 9.17) is 18.9 Å². The first-order chi connectivity index (χ1) is 34.6. The summed E-state index contributed by atoms with van der Waals surface area (Å²) >= 11 is 0. The highest BCUT2D eigenvalue weighted by atomic mass is 16.7. The molecule has 1 N–H and O–H groups in total. The Balaban J connectivity index is 4.25. The van der Waals surface area contributed by atoms with Gasteiger partial charge in [0.2, 0.25) is 0 Å². The van der Waals surface area contributed by atoms with Crippen LogP contribution < -0.4 is 0 Å². The third-order valence-electron chi connectivity index (χ3n) is 12.4. The van der Waals surface area contributed by atoms with Gasteiger partial charge in [0.1, 0.15) is 13.2 Å². The number of carboxylic acid groups (broad SMARTS) is 1. The summed E-state index contributed by atoms with van der Waals surface area (Å²) < 4.78 is 22.9. The van der Waals surface area contributed by atoms with Crippen molar-refractivity contribution in [1.29, 1.82) is 0 Å². The Morgan fingerprint density at radius 2 is 0.803 bits per heavy atom. The Labute approximate surface area is 437 Å². The molecule has 0 aliphatic heterocycles. The number of carboxylic acids is 1. The minimum Gasteiger partial charge on any atom is -0.477 e. The van der Waals surface area contributed by atoms with Crippen molar-refractivity contribution in [1.82, 2.24) is 0 Å². The molecule has 71 heavy (non-hydrogen) atoms. The molecular weight excluding hydrogens is 887 g/mol. The van der Waals surface area contributed by atoms with Gasteiger partial charge in [0, 0.05) is 12.8 Å². The fourth-order valence-corrected chi connectivity index (χ4v) is 7.98. The highest BCUT2D eigenvalue weighted by Gasteiger charge is 2.25. The van der Waals surface area contributed by atoms with Crippen molar-refractivity contribution in [2.75, 3.05) is 47.5 Å². The number of likely N-dealkylation sites (N-methyl/N-ethyl adjacent to an activating group) is 1. The smallest absolute Gasteiger partial charge is 0.361 e. The fraction of sp³-hybridized carbons (Fsp3) is 0.758. The van der Waals surface area contributed by atoms with Gasteiger partial charge in [-0.15, -0.1) is 0 Å². The van der Waals surface area contributed by atoms with Crippen LogP contribution in [0.25, 0.3) is 0 Å². The number of carbonyl (C=O) groups is 3. The minimum atomic E-state index is -1.51. The summed E-state index contributed by atoms with van der Waals surface area (Å²) in [5.41, 5.74) is 0. The molecule has 0 fully saturated rings. The Hall–Kier alpha value is -3.27. The number of carbonyl (C=O) groups excluding carboxylic acids is 2. The molecule has 410 valence electrons. The summed E-state index contributed by atoms with van der Waals surface area (Å²) in [5.74, 6) is -2.01. The molecule has 0 aliphatic carbocycles. The van der Waals surface area contributed by atoms with Gasteiger partial charge in [0.05, 0.1) is 34.4 Å². The zero-order valence-electron chi connectivity index (χ0n) is 46.6. The van der Waals surface area contributed by atoms with Crippen LogP contribution in [0.4, 0.5) is 0 Å². The normalized spacial score (nSPS) is 13.3. The van der Waals surface area contributed by atoms with E-state index in [1.54, 1.807) is 0 Å². The van der Waals surface area contributed by atoms with Crippen LogP contribution in [-0.4, -0.2) is 87.4 Å². The van der Waals surface area contributed by atoms with Crippen LogP contribution >= 0.6 is 0 Å². The molecular formula is C62H110NO8+. The molecule has 0 rings (SSSR count). The van der Waals surface area contributed by atoms with Crippen molar-refractivity contribution in [3.63, 3.8) is 0 Å². The third kappa shape index (κ3) is 54.3. The molecule has 9 nitrogen and oxygen atoms in total. The maximum Gasteiger partial charge on any atom is 0.361 e. The minimum absolute atomic E-state index is 0.185. The largest absolute Gasteiger partial charge is 0.477 e. The van der Waals surface area contributed by atoms with Gasteiger partial charge in [-0.2, -0.15) is 0 Å². The molecule has 9 heteroatoms. The first kappa shape index (κ1) is 67.7. The topological polar surface area (TPSA) is 108 Å². The number of rotatable bonds is 53. The quantitative estimate of drug-likeness (QED) is 0.0211. The lowest BCUT2D eigenvalue weighted by Gasteiger charge is -2.25. The number of quaternary nitrogens is 1. The van der Waals surface area contributed by atoms with Gasteiger partial charge in [-0.3, -0.25) is 9.59 Å². The van der Waals surface area contributed by atoms with Crippen LogP contribution in [0, 0.1) is 0 Å². The lowest BCUT2D eigenvalue weighted by molar-refractivity contribution is -0.870. The Kier molecular flexibility index (Phi) is 50.6. The summed E-state index contributed by atoms with van der Waals surface area (Å²) in [6.45, 7) is 4.77. The van der Waals surface area contributed by atoms with Crippen molar-refractivity contribution >= 4 is 17.9 Å². The average molecular weight is 998 g/mol. The van der Waals surface area contributed by atoms with Crippen molar-refractivity contribution in [3.05, 3.63) is 72.9 Å². The van der Waals surface area contributed by atoms with Gasteiger partial charge in [-0.05, 0) is 83.5 Å². The van der Waals surface area contributed by atoms with E-state index in [1.807, 2.05) is 21.1 Å². The number of hydrogen-bond donors (Lipinski definition) is 1. The molecule has 0 heterocycles. The van der Waals surface area contributed by atoms with E-state index >= 15 is 0 Å². The number of hydrogen-bond acceptors (Lipinski definition) is 7. The highest BCUT2D eigenvalue weighted by molar-refractivity contribution is 5.71. The first-order valence-corrected chi connectivity index (χ1v) is 29.1. The summed E-state index contributed by atoms with van der Waals surface area (Å²) in [5, 5.41) is 9.70. The maximum absolute atomic E-state index is 12.9. The van der Waals surface area contributed by atoms with E-state index in [9.17, 15) is 19.5 Å². The molecule has 2 unspecified atom stereocenters. The molecule has 0 saturated carbocycles. The summed E-state index contributed by atoms with van der Waals surface area (Å²) in [7, 11) is 5.97. The first-order valence-electron chi connectivity index (χ1n) is 29.1. The van der Waals surface area contributed by atoms with Crippen molar-refractivity contribution in [2.24, 2.45) is 0 Å². The number of ether oxygens (including phenoxy) is 4. The number of esters is 2. The molecule has 2 atom stereocenters. The van der Waals surface area contributed by atoms with Crippen LogP contribution in [0.1, 0.15) is 245 Å². The molecule has 0 aromatic rings.